The van der Waals surface area contributed by atoms with Gasteiger partial charge in [-0.15, -0.1) is 8.19 Å². The Balaban J connectivity index is 1.88. The molecule has 0 N–H and O–H groups in total. The van der Waals surface area contributed by atoms with Gasteiger partial charge in [-0.3, -0.25) is 0 Å². The third-order valence-corrected chi connectivity index (χ3v) is 4.77. The first kappa shape index (κ1) is 11.8. The Bertz CT molecular complexity index is 575. The number of unbranched alkanes of at least 4 members (excludes halogenated alkanes) is 1. The molecule has 1 atom stereocenters. The summed E-state index contributed by atoms with van der Waals surface area (Å²) in [6.45, 7) is 2.26. The molecular formula is C17H18P. The predicted octanol–water partition coefficient (Wildman–Crippen LogP) is 5.17. The van der Waals surface area contributed by atoms with Crippen molar-refractivity contribution in [3.63, 3.8) is 0 Å². The van der Waals surface area contributed by atoms with Crippen LogP contribution in [0.4, 0.5) is 0 Å². The first-order valence-corrected chi connectivity index (χ1v) is 7.78. The molecule has 0 amide bonds. The smallest absolute Gasteiger partial charge is 0.0215 e. The predicted molar refractivity (Wildman–Crippen MR) is 82.3 cm³/mol. The molecule has 1 heteroatoms. The van der Waals surface area contributed by atoms with Crippen molar-refractivity contribution < 1.29 is 0 Å². The Labute approximate surface area is 111 Å². The van der Waals surface area contributed by atoms with E-state index in [2.05, 4.69) is 55.6 Å². The van der Waals surface area contributed by atoms with Gasteiger partial charge >= 0.3 is 0 Å². The van der Waals surface area contributed by atoms with Crippen molar-refractivity contribution in [3.8, 4) is 0 Å². The second kappa shape index (κ2) is 5.16. The number of fused-ring (bicyclic) bond motifs is 1. The summed E-state index contributed by atoms with van der Waals surface area (Å²) >= 11 is 0. The summed E-state index contributed by atoms with van der Waals surface area (Å²) in [5, 5.41) is 1.57. The van der Waals surface area contributed by atoms with E-state index < -0.39 is 0 Å². The Morgan fingerprint density at radius 1 is 1.06 bits per heavy atom. The average molecular weight is 253 g/mol. The zero-order chi connectivity index (χ0) is 12.4. The van der Waals surface area contributed by atoms with Crippen molar-refractivity contribution >= 4 is 19.8 Å². The van der Waals surface area contributed by atoms with Crippen molar-refractivity contribution in [1.82, 2.24) is 0 Å². The molecule has 0 saturated heterocycles. The van der Waals surface area contributed by atoms with Gasteiger partial charge in [-0.1, -0.05) is 43.7 Å². The van der Waals surface area contributed by atoms with Gasteiger partial charge in [-0.25, -0.2) is 0 Å². The molecule has 1 aromatic carbocycles. The number of allylic oxidation sites excluding steroid dienone is 1. The summed E-state index contributed by atoms with van der Waals surface area (Å²) in [6, 6.07) is 11.0. The van der Waals surface area contributed by atoms with Crippen LogP contribution in [0.1, 0.15) is 41.8 Å². The zero-order valence-corrected chi connectivity index (χ0v) is 11.7. The quantitative estimate of drug-likeness (QED) is 0.705. The summed E-state index contributed by atoms with van der Waals surface area (Å²) in [4.78, 5) is 0. The minimum Gasteiger partial charge on any atom is -0.132 e. The molecule has 3 rings (SSSR count). The summed E-state index contributed by atoms with van der Waals surface area (Å²) in [5.41, 5.74) is 5.73. The Morgan fingerprint density at radius 2 is 1.89 bits per heavy atom. The summed E-state index contributed by atoms with van der Waals surface area (Å²) in [6.07, 6.45) is 8.49. The van der Waals surface area contributed by atoms with Gasteiger partial charge in [0.25, 0.3) is 0 Å². The maximum Gasteiger partial charge on any atom is 0.0215 e. The van der Waals surface area contributed by atoms with E-state index in [1.165, 1.54) is 36.0 Å². The molecule has 0 nitrogen and oxygen atoms in total. The third kappa shape index (κ3) is 2.18. The maximum atomic E-state index is 2.34. The largest absolute Gasteiger partial charge is 0.132 e. The van der Waals surface area contributed by atoms with Gasteiger partial charge in [0.2, 0.25) is 0 Å². The van der Waals surface area contributed by atoms with Crippen LogP contribution in [0.3, 0.4) is 0 Å². The molecule has 0 aliphatic heterocycles. The second-order valence-electron chi connectivity index (χ2n) is 4.85. The molecule has 0 fully saturated rings. The lowest BCUT2D eigenvalue weighted by molar-refractivity contribution is 0.796. The van der Waals surface area contributed by atoms with Gasteiger partial charge in [0, 0.05) is 6.42 Å². The number of aryl methyl sites for hydroxylation is 1. The SMILES string of the molecule is CCCCc1cc[pH]c1C1=Cc2ccccc2[CH]1. The summed E-state index contributed by atoms with van der Waals surface area (Å²) < 4.78 is 0. The molecule has 1 radical (unpaired) electrons. The Hall–Kier alpha value is -1.26. The molecule has 1 aromatic heterocycles. The summed E-state index contributed by atoms with van der Waals surface area (Å²) in [7, 11) is 0.853. The monoisotopic (exact) mass is 253 g/mol. The van der Waals surface area contributed by atoms with Crippen LogP contribution < -0.4 is 0 Å². The zero-order valence-electron chi connectivity index (χ0n) is 10.7. The van der Waals surface area contributed by atoms with Crippen LogP contribution in [0.2, 0.25) is 0 Å². The first-order valence-electron chi connectivity index (χ1n) is 6.70. The third-order valence-electron chi connectivity index (χ3n) is 3.54. The van der Waals surface area contributed by atoms with E-state index in [-0.39, 0.29) is 0 Å². The van der Waals surface area contributed by atoms with E-state index in [1.807, 2.05) is 0 Å². The van der Waals surface area contributed by atoms with Crippen LogP contribution >= 0.6 is 8.19 Å². The molecule has 1 heterocycles. The van der Waals surface area contributed by atoms with Crippen LogP contribution in [0, 0.1) is 6.42 Å². The normalized spacial score (nSPS) is 13.9. The van der Waals surface area contributed by atoms with Gasteiger partial charge in [0.15, 0.2) is 0 Å². The van der Waals surface area contributed by atoms with E-state index in [1.54, 1.807) is 10.9 Å². The minimum absolute atomic E-state index is 0.853. The summed E-state index contributed by atoms with van der Waals surface area (Å²) in [5.74, 6) is 2.33. The molecule has 2 aromatic rings. The molecule has 1 aliphatic rings. The molecule has 1 aliphatic carbocycles. The van der Waals surface area contributed by atoms with Crippen molar-refractivity contribution in [1.29, 1.82) is 0 Å². The second-order valence-corrected chi connectivity index (χ2v) is 5.98. The van der Waals surface area contributed by atoms with Gasteiger partial charge in [0.05, 0.1) is 0 Å². The fraction of sp³-hybridized carbons (Fsp3) is 0.235. The van der Waals surface area contributed by atoms with Gasteiger partial charge in [-0.05, 0) is 52.3 Å². The highest BCUT2D eigenvalue weighted by Crippen LogP contribution is 2.39. The first-order chi connectivity index (χ1) is 8.88. The van der Waals surface area contributed by atoms with Crippen LogP contribution in [0.15, 0.2) is 36.1 Å². The number of hydrogen-bond acceptors (Lipinski definition) is 0. The van der Waals surface area contributed by atoms with Crippen molar-refractivity contribution in [2.24, 2.45) is 0 Å². The highest BCUT2D eigenvalue weighted by atomic mass is 31.0. The van der Waals surface area contributed by atoms with Gasteiger partial charge in [-0.2, -0.15) is 0 Å². The van der Waals surface area contributed by atoms with Gasteiger partial charge < -0.3 is 0 Å². The van der Waals surface area contributed by atoms with E-state index >= 15 is 0 Å². The highest BCUT2D eigenvalue weighted by molar-refractivity contribution is 7.31. The van der Waals surface area contributed by atoms with Crippen LogP contribution in [0.25, 0.3) is 11.6 Å². The van der Waals surface area contributed by atoms with Crippen LogP contribution in [-0.2, 0) is 6.42 Å². The van der Waals surface area contributed by atoms with E-state index in [9.17, 15) is 0 Å². The molecule has 18 heavy (non-hydrogen) atoms. The number of hydrogen-bond donors (Lipinski definition) is 0. The molecule has 91 valence electrons. The van der Waals surface area contributed by atoms with E-state index in [0.717, 1.165) is 8.19 Å². The molecule has 0 spiro atoms. The number of benzene rings is 1. The fourth-order valence-electron chi connectivity index (χ4n) is 2.54. The lowest BCUT2D eigenvalue weighted by Gasteiger charge is -2.04. The van der Waals surface area contributed by atoms with E-state index in [0.29, 0.717) is 0 Å². The van der Waals surface area contributed by atoms with Gasteiger partial charge in [0.1, 0.15) is 0 Å². The van der Waals surface area contributed by atoms with Crippen LogP contribution in [0.5, 0.6) is 0 Å². The highest BCUT2D eigenvalue weighted by Gasteiger charge is 2.16. The molecular weight excluding hydrogens is 235 g/mol. The maximum absolute atomic E-state index is 2.34. The lowest BCUT2D eigenvalue weighted by Crippen LogP contribution is -1.87. The van der Waals surface area contributed by atoms with Crippen molar-refractivity contribution in [2.75, 3.05) is 0 Å². The van der Waals surface area contributed by atoms with E-state index in [4.69, 9.17) is 0 Å². The Morgan fingerprint density at radius 3 is 2.67 bits per heavy atom. The molecule has 0 bridgehead atoms. The molecule has 0 saturated carbocycles. The Kier molecular flexibility index (Phi) is 3.39. The average Bonchev–Trinajstić information content (AvgIpc) is 3.01. The van der Waals surface area contributed by atoms with Crippen LogP contribution in [-0.4, -0.2) is 0 Å². The topological polar surface area (TPSA) is 0 Å². The van der Waals surface area contributed by atoms with Crippen molar-refractivity contribution in [2.45, 2.75) is 26.2 Å². The minimum atomic E-state index is 0.853. The lowest BCUT2D eigenvalue weighted by atomic mass is 10.0. The van der Waals surface area contributed by atoms with Crippen molar-refractivity contribution in [3.05, 3.63) is 64.5 Å². The number of rotatable bonds is 4. The fourth-order valence-corrected chi connectivity index (χ4v) is 3.70. The standard InChI is InChI=1S/C17H18P/c1-2-3-6-13-9-10-18-17(13)16-11-14-7-4-5-8-15(14)12-16/h4-5,7-12,18H,2-3,6H2,1H3. The molecule has 1 unspecified atom stereocenters.